The van der Waals surface area contributed by atoms with E-state index in [1.54, 1.807) is 25.3 Å². The lowest BCUT2D eigenvalue weighted by Crippen LogP contribution is -2.33. The molecule has 4 nitrogen and oxygen atoms in total. The van der Waals surface area contributed by atoms with Crippen LogP contribution >= 0.6 is 0 Å². The van der Waals surface area contributed by atoms with E-state index in [0.717, 1.165) is 12.0 Å². The molecule has 1 unspecified atom stereocenters. The molecule has 1 atom stereocenters. The van der Waals surface area contributed by atoms with Crippen LogP contribution in [0.2, 0.25) is 0 Å². The summed E-state index contributed by atoms with van der Waals surface area (Å²) >= 11 is 0. The Hall–Kier alpha value is -1.04. The Morgan fingerprint density at radius 2 is 2.06 bits per heavy atom. The van der Waals surface area contributed by atoms with Gasteiger partial charge in [0.1, 0.15) is 5.75 Å². The zero-order valence-electron chi connectivity index (χ0n) is 10.5. The molecular weight excluding hydrogens is 219 g/mol. The Bertz CT molecular complexity index is 354. The molecule has 0 aliphatic carbocycles. The molecule has 94 valence electrons. The van der Waals surface area contributed by atoms with E-state index in [9.17, 15) is 10.0 Å². The van der Waals surface area contributed by atoms with E-state index in [4.69, 9.17) is 9.47 Å². The van der Waals surface area contributed by atoms with Crippen LogP contribution in [0.3, 0.4) is 0 Å². The van der Waals surface area contributed by atoms with Gasteiger partial charge in [-0.05, 0) is 36.5 Å². The molecule has 0 radical (unpaired) electrons. The Labute approximate surface area is 102 Å². The van der Waals surface area contributed by atoms with Gasteiger partial charge in [-0.15, -0.1) is 0 Å². The number of hydrogen-bond donors (Lipinski definition) is 2. The molecule has 0 saturated carbocycles. The van der Waals surface area contributed by atoms with Gasteiger partial charge in [-0.1, -0.05) is 13.0 Å². The van der Waals surface area contributed by atoms with Gasteiger partial charge in [-0.25, -0.2) is 0 Å². The standard InChI is InChI=1S/C12H19BO4/c1-4-9(2)17-8-10-7-11(16-3)5-6-12(10)13(14)15/h5-7,9,14-15H,4,8H2,1-3H3. The van der Waals surface area contributed by atoms with Crippen molar-refractivity contribution < 1.29 is 19.5 Å². The van der Waals surface area contributed by atoms with Gasteiger partial charge < -0.3 is 19.5 Å². The fourth-order valence-electron chi connectivity index (χ4n) is 1.44. The van der Waals surface area contributed by atoms with Crippen LogP contribution in [0, 0.1) is 0 Å². The third-order valence-electron chi connectivity index (χ3n) is 2.73. The van der Waals surface area contributed by atoms with Crippen LogP contribution in [0.1, 0.15) is 25.8 Å². The number of hydrogen-bond acceptors (Lipinski definition) is 4. The summed E-state index contributed by atoms with van der Waals surface area (Å²) in [5.74, 6) is 0.678. The summed E-state index contributed by atoms with van der Waals surface area (Å²) in [4.78, 5) is 0. The molecule has 0 aromatic heterocycles. The zero-order chi connectivity index (χ0) is 12.8. The van der Waals surface area contributed by atoms with Crippen molar-refractivity contribution in [1.29, 1.82) is 0 Å². The molecule has 0 heterocycles. The first-order valence-corrected chi connectivity index (χ1v) is 5.73. The number of rotatable bonds is 6. The first-order chi connectivity index (χ1) is 8.08. The Balaban J connectivity index is 2.85. The highest BCUT2D eigenvalue weighted by Gasteiger charge is 2.17. The molecule has 0 bridgehead atoms. The van der Waals surface area contributed by atoms with Crippen molar-refractivity contribution in [3.8, 4) is 5.75 Å². The number of benzene rings is 1. The van der Waals surface area contributed by atoms with E-state index in [2.05, 4.69) is 0 Å². The van der Waals surface area contributed by atoms with Gasteiger partial charge in [0.25, 0.3) is 0 Å². The topological polar surface area (TPSA) is 58.9 Å². The minimum absolute atomic E-state index is 0.143. The molecule has 0 amide bonds. The quantitative estimate of drug-likeness (QED) is 0.716. The minimum atomic E-state index is -1.49. The van der Waals surface area contributed by atoms with Gasteiger partial charge >= 0.3 is 7.12 Å². The van der Waals surface area contributed by atoms with Gasteiger partial charge in [0, 0.05) is 0 Å². The summed E-state index contributed by atoms with van der Waals surface area (Å²) in [5, 5.41) is 18.5. The van der Waals surface area contributed by atoms with Crippen LogP contribution < -0.4 is 10.2 Å². The predicted molar refractivity (Wildman–Crippen MR) is 67.4 cm³/mol. The maximum absolute atomic E-state index is 9.25. The van der Waals surface area contributed by atoms with E-state index in [1.165, 1.54) is 0 Å². The van der Waals surface area contributed by atoms with Crippen LogP contribution in [0.25, 0.3) is 0 Å². The molecule has 1 aromatic carbocycles. The monoisotopic (exact) mass is 238 g/mol. The summed E-state index contributed by atoms with van der Waals surface area (Å²) in [7, 11) is 0.0837. The SMILES string of the molecule is CCC(C)OCc1cc(OC)ccc1B(O)O. The van der Waals surface area contributed by atoms with Gasteiger partial charge in [0.2, 0.25) is 0 Å². The molecule has 5 heteroatoms. The largest absolute Gasteiger partial charge is 0.497 e. The van der Waals surface area contributed by atoms with Crippen LogP contribution in [0.15, 0.2) is 18.2 Å². The van der Waals surface area contributed by atoms with Gasteiger partial charge in [-0.3, -0.25) is 0 Å². The second-order valence-corrected chi connectivity index (χ2v) is 3.97. The van der Waals surface area contributed by atoms with Crippen LogP contribution in [0.5, 0.6) is 5.75 Å². The average Bonchev–Trinajstić information content (AvgIpc) is 2.35. The van der Waals surface area contributed by atoms with Gasteiger partial charge in [0.15, 0.2) is 0 Å². The molecule has 0 aliphatic rings. The highest BCUT2D eigenvalue weighted by Crippen LogP contribution is 2.13. The number of ether oxygens (including phenoxy) is 2. The van der Waals surface area contributed by atoms with Crippen molar-refractivity contribution in [3.63, 3.8) is 0 Å². The zero-order valence-corrected chi connectivity index (χ0v) is 10.5. The third kappa shape index (κ3) is 4.04. The molecular formula is C12H19BO4. The molecule has 1 rings (SSSR count). The third-order valence-corrected chi connectivity index (χ3v) is 2.73. The van der Waals surface area contributed by atoms with E-state index < -0.39 is 7.12 Å². The Morgan fingerprint density at radius 1 is 1.35 bits per heavy atom. The predicted octanol–water partition coefficient (Wildman–Crippen LogP) is 0.690. The van der Waals surface area contributed by atoms with E-state index in [1.807, 2.05) is 13.8 Å². The summed E-state index contributed by atoms with van der Waals surface area (Å²) in [6.45, 7) is 4.37. The minimum Gasteiger partial charge on any atom is -0.497 e. The summed E-state index contributed by atoms with van der Waals surface area (Å²) in [6, 6.07) is 5.09. The van der Waals surface area contributed by atoms with Crippen LogP contribution in [-0.4, -0.2) is 30.4 Å². The Morgan fingerprint density at radius 3 is 2.59 bits per heavy atom. The first-order valence-electron chi connectivity index (χ1n) is 5.73. The second-order valence-electron chi connectivity index (χ2n) is 3.97. The molecule has 0 fully saturated rings. The summed E-state index contributed by atoms with van der Waals surface area (Å²) < 4.78 is 10.7. The lowest BCUT2D eigenvalue weighted by atomic mass is 9.77. The van der Waals surface area contributed by atoms with Crippen LogP contribution in [0.4, 0.5) is 0 Å². The molecule has 0 saturated heterocycles. The fraction of sp³-hybridized carbons (Fsp3) is 0.500. The number of methoxy groups -OCH3 is 1. The van der Waals surface area contributed by atoms with E-state index >= 15 is 0 Å². The van der Waals surface area contributed by atoms with Gasteiger partial charge in [-0.2, -0.15) is 0 Å². The fourth-order valence-corrected chi connectivity index (χ4v) is 1.44. The maximum atomic E-state index is 9.25. The van der Waals surface area contributed by atoms with Crippen LogP contribution in [-0.2, 0) is 11.3 Å². The van der Waals surface area contributed by atoms with Crippen molar-refractivity contribution in [3.05, 3.63) is 23.8 Å². The lowest BCUT2D eigenvalue weighted by Gasteiger charge is -2.14. The Kier molecular flexibility index (Phi) is 5.48. The molecule has 17 heavy (non-hydrogen) atoms. The van der Waals surface area contributed by atoms with Crippen molar-refractivity contribution in [2.75, 3.05) is 7.11 Å². The normalized spacial score (nSPS) is 12.3. The van der Waals surface area contributed by atoms with Crippen molar-refractivity contribution in [2.45, 2.75) is 33.0 Å². The smallest absolute Gasteiger partial charge is 0.488 e. The molecule has 2 N–H and O–H groups in total. The van der Waals surface area contributed by atoms with Crippen molar-refractivity contribution in [2.24, 2.45) is 0 Å². The summed E-state index contributed by atoms with van der Waals surface area (Å²) in [6.07, 6.45) is 1.06. The molecule has 1 aromatic rings. The average molecular weight is 238 g/mol. The molecule has 0 aliphatic heterocycles. The highest BCUT2D eigenvalue weighted by molar-refractivity contribution is 6.59. The highest BCUT2D eigenvalue weighted by atomic mass is 16.5. The van der Waals surface area contributed by atoms with Gasteiger partial charge in [0.05, 0.1) is 19.8 Å². The maximum Gasteiger partial charge on any atom is 0.488 e. The second kappa shape index (κ2) is 6.64. The van der Waals surface area contributed by atoms with E-state index in [0.29, 0.717) is 17.8 Å². The molecule has 0 spiro atoms. The van der Waals surface area contributed by atoms with Crippen molar-refractivity contribution in [1.82, 2.24) is 0 Å². The lowest BCUT2D eigenvalue weighted by molar-refractivity contribution is 0.0511. The van der Waals surface area contributed by atoms with E-state index in [-0.39, 0.29) is 6.10 Å². The van der Waals surface area contributed by atoms with Crippen molar-refractivity contribution >= 4 is 12.6 Å². The first kappa shape index (κ1) is 14.0. The summed E-state index contributed by atoms with van der Waals surface area (Å²) in [5.41, 5.74) is 1.19.